The van der Waals surface area contributed by atoms with E-state index in [-0.39, 0.29) is 18.9 Å². The van der Waals surface area contributed by atoms with Gasteiger partial charge in [0.1, 0.15) is 48.8 Å². The van der Waals surface area contributed by atoms with E-state index in [1.807, 2.05) is 6.08 Å². The molecule has 14 heteroatoms. The van der Waals surface area contributed by atoms with Crippen molar-refractivity contribution in [3.8, 4) is 0 Å². The lowest BCUT2D eigenvalue weighted by molar-refractivity contribution is -0.359. The van der Waals surface area contributed by atoms with Crippen LogP contribution in [-0.4, -0.2) is 140 Å². The molecule has 1 amide bonds. The normalized spacial score (nSPS) is 24.4. The van der Waals surface area contributed by atoms with E-state index in [9.17, 15) is 45.6 Å². The number of ether oxygens (including phenoxy) is 4. The molecule has 0 spiro atoms. The van der Waals surface area contributed by atoms with Crippen molar-refractivity contribution >= 4 is 5.91 Å². The van der Waals surface area contributed by atoms with Crippen LogP contribution in [0.2, 0.25) is 0 Å². The zero-order valence-corrected chi connectivity index (χ0v) is 50.8. The van der Waals surface area contributed by atoms with E-state index in [0.717, 1.165) is 44.9 Å². The maximum absolute atomic E-state index is 13.3. The minimum Gasteiger partial charge on any atom is -0.394 e. The van der Waals surface area contributed by atoms with Crippen LogP contribution in [0.25, 0.3) is 0 Å². The summed E-state index contributed by atoms with van der Waals surface area (Å²) in [4.78, 5) is 13.3. The van der Waals surface area contributed by atoms with Gasteiger partial charge >= 0.3 is 0 Å². The summed E-state index contributed by atoms with van der Waals surface area (Å²) in [5.41, 5.74) is 0. The number of nitrogens with one attached hydrogen (secondary N) is 1. The number of carbonyl (C=O) groups excluding carboxylic acids is 1. The number of hydrogen-bond acceptors (Lipinski definition) is 13. The van der Waals surface area contributed by atoms with Crippen molar-refractivity contribution in [2.24, 2.45) is 0 Å². The second-order valence-electron chi connectivity index (χ2n) is 23.6. The highest BCUT2D eigenvalue weighted by molar-refractivity contribution is 5.76. The van der Waals surface area contributed by atoms with Crippen LogP contribution in [0.1, 0.15) is 284 Å². The molecule has 0 aromatic carbocycles. The summed E-state index contributed by atoms with van der Waals surface area (Å²) >= 11 is 0. The standard InChI is InChI=1S/C66H123NO13/c1-3-5-7-9-11-13-15-17-19-21-23-25-26-27-28-30-31-33-35-37-39-41-43-45-47-49-55(70)54(53-77-65-63(76)61(74)64(57(52-69)79-65)80-66-62(75)60(73)59(72)56(51-68)78-66)67-58(71)50-48-46-44-42-40-38-36-34-32-29-24-22-20-18-16-14-12-10-8-6-4-2/h31,33,39,41,47,49,54-57,59-66,68-70,72-76H,3-30,32,34-38,40,42-46,48,50-53H2,1-2H3,(H,67,71)/b33-31+,41-39+,49-47+. The lowest BCUT2D eigenvalue weighted by atomic mass is 9.97. The van der Waals surface area contributed by atoms with Crippen LogP contribution in [0.5, 0.6) is 0 Å². The van der Waals surface area contributed by atoms with Crippen molar-refractivity contribution in [1.29, 1.82) is 0 Å². The number of amides is 1. The molecule has 0 radical (unpaired) electrons. The number of carbonyl (C=O) groups is 1. The van der Waals surface area contributed by atoms with Crippen LogP contribution < -0.4 is 5.32 Å². The highest BCUT2D eigenvalue weighted by Crippen LogP contribution is 2.30. The van der Waals surface area contributed by atoms with Crippen LogP contribution in [0.15, 0.2) is 36.5 Å². The fourth-order valence-corrected chi connectivity index (χ4v) is 11.0. The predicted molar refractivity (Wildman–Crippen MR) is 323 cm³/mol. The van der Waals surface area contributed by atoms with Gasteiger partial charge in [0.05, 0.1) is 32.0 Å². The average Bonchev–Trinajstić information content (AvgIpc) is 3.48. The zero-order chi connectivity index (χ0) is 58.1. The fraction of sp³-hybridized carbons (Fsp3) is 0.894. The Hall–Kier alpha value is -1.79. The lowest BCUT2D eigenvalue weighted by Crippen LogP contribution is -2.65. The number of hydrogen-bond donors (Lipinski definition) is 9. The lowest BCUT2D eigenvalue weighted by Gasteiger charge is -2.46. The molecule has 0 bridgehead atoms. The number of aliphatic hydroxyl groups is 8. The van der Waals surface area contributed by atoms with E-state index in [1.165, 1.54) is 205 Å². The van der Waals surface area contributed by atoms with Gasteiger partial charge in [-0.15, -0.1) is 0 Å². The molecular weight excluding hydrogens is 1010 g/mol. The van der Waals surface area contributed by atoms with Crippen LogP contribution >= 0.6 is 0 Å². The van der Waals surface area contributed by atoms with E-state index < -0.39 is 86.8 Å². The van der Waals surface area contributed by atoms with Gasteiger partial charge in [-0.05, 0) is 44.9 Å². The second kappa shape index (κ2) is 51.6. The van der Waals surface area contributed by atoms with Crippen molar-refractivity contribution in [3.05, 3.63) is 36.5 Å². The Morgan fingerprint density at radius 1 is 0.438 bits per heavy atom. The first kappa shape index (κ1) is 74.3. The van der Waals surface area contributed by atoms with Gasteiger partial charge in [-0.25, -0.2) is 0 Å². The molecule has 80 heavy (non-hydrogen) atoms. The number of unbranched alkanes of at least 4 members (excludes halogenated alkanes) is 37. The summed E-state index contributed by atoms with van der Waals surface area (Å²) < 4.78 is 22.8. The molecular formula is C66H123NO13. The number of rotatable bonds is 54. The van der Waals surface area contributed by atoms with Gasteiger partial charge in [0.25, 0.3) is 0 Å². The first-order chi connectivity index (χ1) is 39.1. The number of aliphatic hydroxyl groups excluding tert-OH is 8. The van der Waals surface area contributed by atoms with E-state index in [0.29, 0.717) is 12.8 Å². The summed E-state index contributed by atoms with van der Waals surface area (Å²) in [5.74, 6) is -0.248. The maximum atomic E-state index is 13.3. The number of allylic oxidation sites excluding steroid dienone is 5. The average molecular weight is 1140 g/mol. The van der Waals surface area contributed by atoms with Crippen molar-refractivity contribution in [2.75, 3.05) is 19.8 Å². The molecule has 2 saturated heterocycles. The second-order valence-corrected chi connectivity index (χ2v) is 23.6. The highest BCUT2D eigenvalue weighted by atomic mass is 16.7. The molecule has 470 valence electrons. The minimum atomic E-state index is -1.79. The highest BCUT2D eigenvalue weighted by Gasteiger charge is 2.51. The summed E-state index contributed by atoms with van der Waals surface area (Å²) in [6, 6.07) is -0.936. The molecule has 2 fully saturated rings. The van der Waals surface area contributed by atoms with Gasteiger partial charge in [-0.3, -0.25) is 4.79 Å². The van der Waals surface area contributed by atoms with Crippen molar-refractivity contribution < 1.29 is 64.6 Å². The Morgan fingerprint density at radius 3 is 1.23 bits per heavy atom. The Kier molecular flexibility index (Phi) is 47.9. The first-order valence-electron chi connectivity index (χ1n) is 33.2. The molecule has 2 aliphatic heterocycles. The van der Waals surface area contributed by atoms with Crippen molar-refractivity contribution in [1.82, 2.24) is 5.32 Å². The summed E-state index contributed by atoms with van der Waals surface area (Å²) in [7, 11) is 0. The molecule has 0 aromatic heterocycles. The van der Waals surface area contributed by atoms with E-state index >= 15 is 0 Å². The van der Waals surface area contributed by atoms with Crippen LogP contribution in [0.3, 0.4) is 0 Å². The molecule has 12 unspecified atom stereocenters. The largest absolute Gasteiger partial charge is 0.394 e. The summed E-state index contributed by atoms with van der Waals surface area (Å²) in [6.45, 7) is 2.82. The van der Waals surface area contributed by atoms with Gasteiger partial charge in [-0.1, -0.05) is 269 Å². The van der Waals surface area contributed by atoms with Gasteiger partial charge in [-0.2, -0.15) is 0 Å². The molecule has 0 aliphatic carbocycles. The van der Waals surface area contributed by atoms with Crippen LogP contribution in [-0.2, 0) is 23.7 Å². The third-order valence-corrected chi connectivity index (χ3v) is 16.3. The monoisotopic (exact) mass is 1140 g/mol. The fourth-order valence-electron chi connectivity index (χ4n) is 11.0. The molecule has 9 N–H and O–H groups in total. The SMILES string of the molecule is CCCCCCCCCCCCCCCCC/C=C/CC/C=C/CC/C=C/C(O)C(COC1OC(CO)C(OC2OC(CO)C(O)C(O)C2O)C(O)C1O)NC(=O)CCCCCCCCCCCCCCCCCCCCCCC. The Bertz CT molecular complexity index is 1480. The molecule has 0 aromatic rings. The van der Waals surface area contributed by atoms with Gasteiger partial charge in [0, 0.05) is 6.42 Å². The molecule has 2 heterocycles. The maximum Gasteiger partial charge on any atom is 0.220 e. The molecule has 2 aliphatic rings. The van der Waals surface area contributed by atoms with Gasteiger partial charge in [0.2, 0.25) is 5.91 Å². The quantitative estimate of drug-likeness (QED) is 0.0204. The van der Waals surface area contributed by atoms with E-state index in [1.54, 1.807) is 6.08 Å². The van der Waals surface area contributed by atoms with E-state index in [2.05, 4.69) is 43.5 Å². The van der Waals surface area contributed by atoms with Gasteiger partial charge in [0.15, 0.2) is 12.6 Å². The third kappa shape index (κ3) is 36.1. The molecule has 14 nitrogen and oxygen atoms in total. The Balaban J connectivity index is 1.74. The third-order valence-electron chi connectivity index (χ3n) is 16.3. The molecule has 0 saturated carbocycles. The topological polar surface area (TPSA) is 228 Å². The predicted octanol–water partition coefficient (Wildman–Crippen LogP) is 12.6. The zero-order valence-electron chi connectivity index (χ0n) is 50.8. The van der Waals surface area contributed by atoms with Crippen LogP contribution in [0, 0.1) is 0 Å². The smallest absolute Gasteiger partial charge is 0.220 e. The summed E-state index contributed by atoms with van der Waals surface area (Å²) in [5, 5.41) is 87.3. The van der Waals surface area contributed by atoms with Crippen LogP contribution in [0.4, 0.5) is 0 Å². The van der Waals surface area contributed by atoms with Crippen molar-refractivity contribution in [2.45, 2.75) is 357 Å². The Labute approximate surface area is 487 Å². The molecule has 12 atom stereocenters. The summed E-state index contributed by atoms with van der Waals surface area (Å²) in [6.07, 6.45) is 47.7. The van der Waals surface area contributed by atoms with Crippen molar-refractivity contribution in [3.63, 3.8) is 0 Å². The Morgan fingerprint density at radius 2 is 0.800 bits per heavy atom. The minimum absolute atomic E-state index is 0.248. The van der Waals surface area contributed by atoms with Gasteiger partial charge < -0.3 is 65.1 Å². The first-order valence-corrected chi connectivity index (χ1v) is 33.2. The molecule has 2 rings (SSSR count). The van der Waals surface area contributed by atoms with E-state index in [4.69, 9.17) is 18.9 Å².